The number of carbonyl (C=O) groups excluding carboxylic acids is 3. The number of esters is 1. The first-order chi connectivity index (χ1) is 18.0. The number of ether oxygens (including phenoxy) is 2. The third kappa shape index (κ3) is 6.31. The number of benzene rings is 3. The standard InChI is InChI=1S/C28H25F3N2O5/c1-17-7-10-22(13-18(17)2)38-21-11-8-20(9-12-21)33-15-19(14-26(33)35)27(36)37-16-25(34)32-24-6-4-3-5-23(24)28(29,30)31/h3-13,19H,14-16H2,1-2H3,(H,32,34)/t19-/m1/s1. The first kappa shape index (κ1) is 26.7. The predicted octanol–water partition coefficient (Wildman–Crippen LogP) is 5.65. The molecule has 4 rings (SSSR count). The largest absolute Gasteiger partial charge is 0.457 e. The van der Waals surface area contributed by atoms with Crippen LogP contribution in [-0.2, 0) is 25.3 Å². The molecule has 0 saturated carbocycles. The molecule has 1 atom stereocenters. The second-order valence-corrected chi connectivity index (χ2v) is 8.95. The minimum Gasteiger partial charge on any atom is -0.457 e. The van der Waals surface area contributed by atoms with Crippen LogP contribution in [0.5, 0.6) is 11.5 Å². The normalized spacial score (nSPS) is 15.3. The van der Waals surface area contributed by atoms with Crippen LogP contribution in [0.25, 0.3) is 0 Å². The van der Waals surface area contributed by atoms with E-state index < -0.39 is 41.8 Å². The molecule has 10 heteroatoms. The summed E-state index contributed by atoms with van der Waals surface area (Å²) in [4.78, 5) is 38.6. The van der Waals surface area contributed by atoms with Crippen molar-refractivity contribution in [2.24, 2.45) is 5.92 Å². The van der Waals surface area contributed by atoms with Gasteiger partial charge in [0.25, 0.3) is 5.91 Å². The molecular weight excluding hydrogens is 501 g/mol. The van der Waals surface area contributed by atoms with Gasteiger partial charge in [0.2, 0.25) is 5.91 Å². The molecule has 1 N–H and O–H groups in total. The maximum Gasteiger partial charge on any atom is 0.418 e. The van der Waals surface area contributed by atoms with Crippen molar-refractivity contribution in [1.29, 1.82) is 0 Å². The van der Waals surface area contributed by atoms with Crippen LogP contribution in [0.3, 0.4) is 0 Å². The number of rotatable bonds is 7. The molecular formula is C28H25F3N2O5. The van der Waals surface area contributed by atoms with E-state index in [1.807, 2.05) is 32.0 Å². The van der Waals surface area contributed by atoms with E-state index in [1.165, 1.54) is 17.0 Å². The van der Waals surface area contributed by atoms with E-state index in [2.05, 4.69) is 5.32 Å². The maximum absolute atomic E-state index is 13.1. The summed E-state index contributed by atoms with van der Waals surface area (Å²) in [5.41, 5.74) is 1.37. The van der Waals surface area contributed by atoms with Gasteiger partial charge < -0.3 is 19.7 Å². The lowest BCUT2D eigenvalue weighted by molar-refractivity contribution is -0.151. The fourth-order valence-electron chi connectivity index (χ4n) is 4.00. The summed E-state index contributed by atoms with van der Waals surface area (Å²) in [6.07, 6.45) is -4.77. The van der Waals surface area contributed by atoms with Gasteiger partial charge in [0.1, 0.15) is 11.5 Å². The molecule has 0 aliphatic carbocycles. The Balaban J connectivity index is 1.31. The van der Waals surface area contributed by atoms with Gasteiger partial charge >= 0.3 is 12.1 Å². The molecule has 3 aromatic carbocycles. The third-order valence-electron chi connectivity index (χ3n) is 6.17. The molecule has 1 aliphatic heterocycles. The Bertz CT molecular complexity index is 1360. The Morgan fingerprint density at radius 3 is 2.34 bits per heavy atom. The number of aryl methyl sites for hydroxylation is 2. The number of anilines is 2. The second-order valence-electron chi connectivity index (χ2n) is 8.95. The average Bonchev–Trinajstić information content (AvgIpc) is 3.26. The summed E-state index contributed by atoms with van der Waals surface area (Å²) in [6, 6.07) is 17.1. The van der Waals surface area contributed by atoms with E-state index >= 15 is 0 Å². The Hall–Kier alpha value is -4.34. The van der Waals surface area contributed by atoms with Crippen LogP contribution in [0.4, 0.5) is 24.5 Å². The predicted molar refractivity (Wildman–Crippen MR) is 134 cm³/mol. The SMILES string of the molecule is Cc1ccc(Oc2ccc(N3C[C@H](C(=O)OCC(=O)Nc4ccccc4C(F)(F)F)CC3=O)cc2)cc1C. The van der Waals surface area contributed by atoms with Gasteiger partial charge in [-0.1, -0.05) is 18.2 Å². The highest BCUT2D eigenvalue weighted by Crippen LogP contribution is 2.34. The quantitative estimate of drug-likeness (QED) is 0.402. The van der Waals surface area contributed by atoms with Gasteiger partial charge in [-0.05, 0) is 73.5 Å². The van der Waals surface area contributed by atoms with E-state index in [9.17, 15) is 27.6 Å². The van der Waals surface area contributed by atoms with Gasteiger partial charge in [-0.3, -0.25) is 14.4 Å². The number of amides is 2. The summed E-state index contributed by atoms with van der Waals surface area (Å²) in [5, 5.41) is 2.11. The lowest BCUT2D eigenvalue weighted by Gasteiger charge is -2.17. The second kappa shape index (κ2) is 11.0. The minimum absolute atomic E-state index is 0.0492. The Morgan fingerprint density at radius 1 is 0.974 bits per heavy atom. The number of nitrogens with zero attached hydrogens (tertiary/aromatic N) is 1. The number of halogens is 3. The van der Waals surface area contributed by atoms with Crippen LogP contribution in [0.2, 0.25) is 0 Å². The monoisotopic (exact) mass is 526 g/mol. The number of hydrogen-bond acceptors (Lipinski definition) is 5. The van der Waals surface area contributed by atoms with Crippen molar-refractivity contribution in [3.05, 3.63) is 83.4 Å². The van der Waals surface area contributed by atoms with Crippen molar-refractivity contribution in [1.82, 2.24) is 0 Å². The Kier molecular flexibility index (Phi) is 7.70. The van der Waals surface area contributed by atoms with Gasteiger partial charge in [0, 0.05) is 18.7 Å². The summed E-state index contributed by atoms with van der Waals surface area (Å²) in [7, 11) is 0. The highest BCUT2D eigenvalue weighted by atomic mass is 19.4. The number of carbonyl (C=O) groups is 3. The number of nitrogens with one attached hydrogen (secondary N) is 1. The summed E-state index contributed by atoms with van der Waals surface area (Å²) in [5.74, 6) is -1.54. The van der Waals surface area contributed by atoms with E-state index in [-0.39, 0.29) is 18.9 Å². The van der Waals surface area contributed by atoms with Crippen molar-refractivity contribution in [2.45, 2.75) is 26.4 Å². The van der Waals surface area contributed by atoms with Crippen molar-refractivity contribution >= 4 is 29.2 Å². The van der Waals surface area contributed by atoms with Crippen LogP contribution < -0.4 is 15.0 Å². The van der Waals surface area contributed by atoms with Crippen LogP contribution in [0.15, 0.2) is 66.7 Å². The van der Waals surface area contributed by atoms with Crippen LogP contribution in [0.1, 0.15) is 23.1 Å². The topological polar surface area (TPSA) is 84.9 Å². The lowest BCUT2D eigenvalue weighted by Crippen LogP contribution is -2.28. The molecule has 1 fully saturated rings. The zero-order valence-electron chi connectivity index (χ0n) is 20.7. The fourth-order valence-corrected chi connectivity index (χ4v) is 4.00. The molecule has 0 aromatic heterocycles. The van der Waals surface area contributed by atoms with Gasteiger partial charge in [-0.25, -0.2) is 0 Å². The number of hydrogen-bond donors (Lipinski definition) is 1. The smallest absolute Gasteiger partial charge is 0.418 e. The highest BCUT2D eigenvalue weighted by Gasteiger charge is 2.37. The lowest BCUT2D eigenvalue weighted by atomic mass is 10.1. The van der Waals surface area contributed by atoms with E-state index in [0.717, 1.165) is 23.3 Å². The van der Waals surface area contributed by atoms with Crippen molar-refractivity contribution < 1.29 is 37.0 Å². The average molecular weight is 527 g/mol. The highest BCUT2D eigenvalue weighted by molar-refractivity contribution is 6.00. The Labute approximate surface area is 217 Å². The molecule has 2 amide bonds. The van der Waals surface area contributed by atoms with E-state index in [0.29, 0.717) is 17.2 Å². The van der Waals surface area contributed by atoms with Gasteiger partial charge in [-0.2, -0.15) is 13.2 Å². The molecule has 198 valence electrons. The summed E-state index contributed by atoms with van der Waals surface area (Å²) >= 11 is 0. The number of alkyl halides is 3. The molecule has 7 nitrogen and oxygen atoms in total. The molecule has 3 aromatic rings. The molecule has 0 spiro atoms. The van der Waals surface area contributed by atoms with Gasteiger partial charge in [0.15, 0.2) is 6.61 Å². The van der Waals surface area contributed by atoms with E-state index in [4.69, 9.17) is 9.47 Å². The molecule has 0 bridgehead atoms. The van der Waals surface area contributed by atoms with Gasteiger partial charge in [-0.15, -0.1) is 0 Å². The molecule has 0 unspecified atom stereocenters. The first-order valence-electron chi connectivity index (χ1n) is 11.8. The zero-order chi connectivity index (χ0) is 27.4. The maximum atomic E-state index is 13.1. The minimum atomic E-state index is -4.65. The van der Waals surface area contributed by atoms with Crippen molar-refractivity contribution in [2.75, 3.05) is 23.4 Å². The molecule has 38 heavy (non-hydrogen) atoms. The van der Waals surface area contributed by atoms with Crippen molar-refractivity contribution in [3.63, 3.8) is 0 Å². The molecule has 1 saturated heterocycles. The molecule has 0 radical (unpaired) electrons. The zero-order valence-corrected chi connectivity index (χ0v) is 20.7. The number of para-hydroxylation sites is 1. The molecule has 1 aliphatic rings. The summed E-state index contributed by atoms with van der Waals surface area (Å²) < 4.78 is 50.1. The summed E-state index contributed by atoms with van der Waals surface area (Å²) in [6.45, 7) is 3.27. The molecule has 1 heterocycles. The van der Waals surface area contributed by atoms with Crippen LogP contribution >= 0.6 is 0 Å². The van der Waals surface area contributed by atoms with Gasteiger partial charge in [0.05, 0.1) is 17.2 Å². The third-order valence-corrected chi connectivity index (χ3v) is 6.17. The van der Waals surface area contributed by atoms with Crippen LogP contribution in [-0.4, -0.2) is 30.9 Å². The van der Waals surface area contributed by atoms with Crippen molar-refractivity contribution in [3.8, 4) is 11.5 Å². The van der Waals surface area contributed by atoms with Crippen LogP contribution in [0, 0.1) is 19.8 Å². The Morgan fingerprint density at radius 2 is 1.66 bits per heavy atom. The fraction of sp³-hybridized carbons (Fsp3) is 0.250. The van der Waals surface area contributed by atoms with E-state index in [1.54, 1.807) is 24.3 Å². The first-order valence-corrected chi connectivity index (χ1v) is 11.8.